The number of carbonyl (C=O) groups excluding carboxylic acids is 2. The Balaban J connectivity index is 2.33. The van der Waals surface area contributed by atoms with Crippen molar-refractivity contribution in [1.29, 1.82) is 0 Å². The highest BCUT2D eigenvalue weighted by atomic mass is 32.2. The molecule has 32 heavy (non-hydrogen) atoms. The minimum Gasteiger partial charge on any atom is -0.388 e. The van der Waals surface area contributed by atoms with Gasteiger partial charge in [-0.25, -0.2) is 0 Å². The molecule has 0 atom stereocenters. The van der Waals surface area contributed by atoms with Crippen molar-refractivity contribution in [3.05, 3.63) is 47.0 Å². The normalized spacial score (nSPS) is 10.7. The molecule has 0 spiro atoms. The monoisotopic (exact) mass is 455 g/mol. The van der Waals surface area contributed by atoms with Crippen molar-refractivity contribution >= 4 is 30.1 Å². The largest absolute Gasteiger partial charge is 0.388 e. The van der Waals surface area contributed by atoms with Crippen LogP contribution in [0.3, 0.4) is 0 Å². The molecule has 0 unspecified atom stereocenters. The van der Waals surface area contributed by atoms with Crippen molar-refractivity contribution in [1.82, 2.24) is 10.6 Å². The zero-order chi connectivity index (χ0) is 23.2. The molecule has 0 saturated carbocycles. The molecular formula is C26H37N3O2S. The third kappa shape index (κ3) is 7.68. The summed E-state index contributed by atoms with van der Waals surface area (Å²) in [5, 5.41) is 9.10. The van der Waals surface area contributed by atoms with E-state index in [9.17, 15) is 9.59 Å². The van der Waals surface area contributed by atoms with Crippen LogP contribution in [0.25, 0.3) is 11.1 Å². The Morgan fingerprint density at radius 1 is 0.938 bits per heavy atom. The average Bonchev–Trinajstić information content (AvgIpc) is 2.83. The van der Waals surface area contributed by atoms with Gasteiger partial charge in [0.05, 0.1) is 0 Å². The second kappa shape index (κ2) is 14.7. The predicted octanol–water partition coefficient (Wildman–Crippen LogP) is 5.28. The quantitative estimate of drug-likeness (QED) is 0.183. The lowest BCUT2D eigenvalue weighted by atomic mass is 9.92. The van der Waals surface area contributed by atoms with Gasteiger partial charge in [-0.05, 0) is 78.7 Å². The van der Waals surface area contributed by atoms with Gasteiger partial charge in [-0.2, -0.15) is 0 Å². The molecule has 2 rings (SSSR count). The van der Waals surface area contributed by atoms with Crippen molar-refractivity contribution in [2.45, 2.75) is 56.9 Å². The number of amides is 1. The first-order chi connectivity index (χ1) is 15.7. The van der Waals surface area contributed by atoms with Crippen molar-refractivity contribution < 1.29 is 9.59 Å². The second-order valence-electron chi connectivity index (χ2n) is 7.90. The molecule has 0 aromatic heterocycles. The highest BCUT2D eigenvalue weighted by Gasteiger charge is 2.14. The van der Waals surface area contributed by atoms with Crippen LogP contribution in [0.4, 0.5) is 5.69 Å². The zero-order valence-corrected chi connectivity index (χ0v) is 20.4. The number of hydrogen-bond acceptors (Lipinski definition) is 5. The number of benzene rings is 2. The molecule has 0 aliphatic rings. The minimum atomic E-state index is 0.406. The smallest absolute Gasteiger partial charge is 0.207 e. The Morgan fingerprint density at radius 3 is 2.44 bits per heavy atom. The molecule has 0 saturated heterocycles. The first-order valence-corrected chi connectivity index (χ1v) is 12.5. The number of aldehydes is 1. The fourth-order valence-electron chi connectivity index (χ4n) is 3.81. The Labute approximate surface area is 197 Å². The Hall–Kier alpha value is -2.31. The first kappa shape index (κ1) is 25.9. The molecule has 2 aromatic rings. The summed E-state index contributed by atoms with van der Waals surface area (Å²) < 4.78 is 0. The maximum atomic E-state index is 11.9. The van der Waals surface area contributed by atoms with Gasteiger partial charge >= 0.3 is 0 Å². The molecule has 0 radical (unpaired) electrons. The number of unbranched alkanes of at least 4 members (excludes halogenated alkanes) is 4. The van der Waals surface area contributed by atoms with E-state index in [-0.39, 0.29) is 0 Å². The molecule has 0 bridgehead atoms. The molecule has 0 fully saturated rings. The minimum absolute atomic E-state index is 0.406. The van der Waals surface area contributed by atoms with Gasteiger partial charge in [0.2, 0.25) is 6.41 Å². The lowest BCUT2D eigenvalue weighted by Gasteiger charge is -2.17. The van der Waals surface area contributed by atoms with Gasteiger partial charge < -0.3 is 16.0 Å². The lowest BCUT2D eigenvalue weighted by Crippen LogP contribution is -2.13. The number of carbonyl (C=O) groups is 2. The second-order valence-corrected chi connectivity index (χ2v) is 9.07. The third-order valence-electron chi connectivity index (χ3n) is 5.58. The summed E-state index contributed by atoms with van der Waals surface area (Å²) in [6.45, 7) is 3.51. The molecule has 3 N–H and O–H groups in total. The fourth-order valence-corrected chi connectivity index (χ4v) is 4.78. The van der Waals surface area contributed by atoms with E-state index in [0.29, 0.717) is 18.5 Å². The average molecular weight is 456 g/mol. The number of hydrogen-bond donors (Lipinski definition) is 3. The standard InChI is InChI=1S/C26H37N3O2S/c1-4-5-6-7-8-13-32-23-9-10-24(20(14-23)11-12-27-2)25-15-21(17-29-19-31)26(28-3)16-22(25)18-30/h9-10,14-16,18-19,27-28H,4-8,11-13,17H2,1-3H3,(H,29,31). The van der Waals surface area contributed by atoms with Crippen LogP contribution in [0.2, 0.25) is 0 Å². The summed E-state index contributed by atoms with van der Waals surface area (Å²) >= 11 is 1.91. The molecule has 0 aliphatic heterocycles. The highest BCUT2D eigenvalue weighted by Crippen LogP contribution is 2.34. The summed E-state index contributed by atoms with van der Waals surface area (Å²) in [6.07, 6.45) is 8.94. The summed E-state index contributed by atoms with van der Waals surface area (Å²) in [5.74, 6) is 1.13. The molecular weight excluding hydrogens is 418 g/mol. The topological polar surface area (TPSA) is 70.2 Å². The lowest BCUT2D eigenvalue weighted by molar-refractivity contribution is -0.109. The van der Waals surface area contributed by atoms with Crippen LogP contribution in [0, 0.1) is 0 Å². The summed E-state index contributed by atoms with van der Waals surface area (Å²) in [7, 11) is 3.77. The third-order valence-corrected chi connectivity index (χ3v) is 6.66. The fraction of sp³-hybridized carbons (Fsp3) is 0.462. The van der Waals surface area contributed by atoms with Crippen molar-refractivity contribution in [2.24, 2.45) is 0 Å². The van der Waals surface area contributed by atoms with E-state index in [1.54, 1.807) is 0 Å². The van der Waals surface area contributed by atoms with E-state index in [2.05, 4.69) is 41.1 Å². The molecule has 1 amide bonds. The molecule has 6 heteroatoms. The molecule has 0 heterocycles. The van der Waals surface area contributed by atoms with Crippen LogP contribution >= 0.6 is 11.8 Å². The predicted molar refractivity (Wildman–Crippen MR) is 137 cm³/mol. The van der Waals surface area contributed by atoms with Gasteiger partial charge in [-0.15, -0.1) is 11.8 Å². The molecule has 2 aromatic carbocycles. The van der Waals surface area contributed by atoms with Crippen molar-refractivity contribution in [3.63, 3.8) is 0 Å². The summed E-state index contributed by atoms with van der Waals surface area (Å²) in [6, 6.07) is 10.5. The van der Waals surface area contributed by atoms with Crippen molar-refractivity contribution in [3.8, 4) is 11.1 Å². The molecule has 174 valence electrons. The van der Waals surface area contributed by atoms with E-state index in [0.717, 1.165) is 47.4 Å². The summed E-state index contributed by atoms with van der Waals surface area (Å²) in [4.78, 5) is 24.0. The Bertz CT molecular complexity index is 870. The van der Waals surface area contributed by atoms with Crippen LogP contribution < -0.4 is 16.0 Å². The molecule has 0 aliphatic carbocycles. The number of anilines is 1. The van der Waals surface area contributed by atoms with Crippen LogP contribution in [0.5, 0.6) is 0 Å². The van der Waals surface area contributed by atoms with E-state index >= 15 is 0 Å². The Kier molecular flexibility index (Phi) is 11.9. The van der Waals surface area contributed by atoms with Gasteiger partial charge in [0, 0.05) is 29.7 Å². The number of rotatable bonds is 16. The number of likely N-dealkylation sites (N-methyl/N-ethyl adjacent to an activating group) is 1. The van der Waals surface area contributed by atoms with Crippen LogP contribution in [-0.4, -0.2) is 39.1 Å². The van der Waals surface area contributed by atoms with Gasteiger partial charge in [0.1, 0.15) is 0 Å². The number of thioether (sulfide) groups is 1. The van der Waals surface area contributed by atoms with Gasteiger partial charge in [-0.3, -0.25) is 9.59 Å². The van der Waals surface area contributed by atoms with Crippen molar-refractivity contribution in [2.75, 3.05) is 31.7 Å². The maximum absolute atomic E-state index is 11.9. The van der Waals surface area contributed by atoms with E-state index < -0.39 is 0 Å². The Morgan fingerprint density at radius 2 is 1.75 bits per heavy atom. The van der Waals surface area contributed by atoms with E-state index in [4.69, 9.17) is 0 Å². The van der Waals surface area contributed by atoms with Gasteiger partial charge in [0.15, 0.2) is 6.29 Å². The summed E-state index contributed by atoms with van der Waals surface area (Å²) in [5.41, 5.74) is 5.65. The van der Waals surface area contributed by atoms with Crippen LogP contribution in [-0.2, 0) is 17.8 Å². The van der Waals surface area contributed by atoms with Crippen LogP contribution in [0.1, 0.15) is 60.5 Å². The van der Waals surface area contributed by atoms with Gasteiger partial charge in [-0.1, -0.05) is 38.7 Å². The maximum Gasteiger partial charge on any atom is 0.207 e. The van der Waals surface area contributed by atoms with E-state index in [1.807, 2.05) is 38.0 Å². The number of nitrogens with one attached hydrogen (secondary N) is 3. The molecule has 5 nitrogen and oxygen atoms in total. The van der Waals surface area contributed by atoms with Gasteiger partial charge in [0.25, 0.3) is 0 Å². The SMILES string of the molecule is CCCCCCCSc1ccc(-c2cc(CNC=O)c(NC)cc2C=O)c(CCNC)c1. The zero-order valence-electron chi connectivity index (χ0n) is 19.6. The highest BCUT2D eigenvalue weighted by molar-refractivity contribution is 7.99. The van der Waals surface area contributed by atoms with E-state index in [1.165, 1.54) is 42.6 Å². The van der Waals surface area contributed by atoms with Crippen LogP contribution in [0.15, 0.2) is 35.2 Å². The first-order valence-electron chi connectivity index (χ1n) is 11.6.